The lowest BCUT2D eigenvalue weighted by Gasteiger charge is -2.14. The molecule has 0 aliphatic heterocycles. The van der Waals surface area contributed by atoms with E-state index in [-0.39, 0.29) is 11.4 Å². The zero-order chi connectivity index (χ0) is 15.2. The van der Waals surface area contributed by atoms with Crippen LogP contribution >= 0.6 is 0 Å². The fraction of sp³-hybridized carbons (Fsp3) is 0.133. The lowest BCUT2D eigenvalue weighted by atomic mass is 10.2. The number of pyridine rings is 1. The molecule has 6 nitrogen and oxygen atoms in total. The zero-order valence-corrected chi connectivity index (χ0v) is 11.3. The molecule has 21 heavy (non-hydrogen) atoms. The van der Waals surface area contributed by atoms with Crippen molar-refractivity contribution in [3.8, 4) is 5.75 Å². The molecule has 0 spiro atoms. The number of nitrogens with zero attached hydrogens (tertiary/aromatic N) is 1. The van der Waals surface area contributed by atoms with Crippen LogP contribution in [0.1, 0.15) is 17.3 Å². The Kier molecular flexibility index (Phi) is 4.50. The average molecular weight is 286 g/mol. The van der Waals surface area contributed by atoms with Crippen LogP contribution in [0.15, 0.2) is 48.7 Å². The number of carbonyl (C=O) groups excluding carboxylic acids is 1. The molecule has 6 heteroatoms. The van der Waals surface area contributed by atoms with Crippen molar-refractivity contribution < 1.29 is 19.4 Å². The van der Waals surface area contributed by atoms with Crippen molar-refractivity contribution in [2.45, 2.75) is 13.0 Å². The number of amides is 1. The molecule has 0 saturated heterocycles. The highest BCUT2D eigenvalue weighted by Gasteiger charge is 2.16. The monoisotopic (exact) mass is 286 g/mol. The molecular formula is C15H14N2O4. The molecule has 0 saturated carbocycles. The molecule has 1 aromatic heterocycles. The Labute approximate surface area is 121 Å². The summed E-state index contributed by atoms with van der Waals surface area (Å²) < 4.78 is 5.47. The van der Waals surface area contributed by atoms with Gasteiger partial charge in [-0.25, -0.2) is 9.78 Å². The van der Waals surface area contributed by atoms with Crippen molar-refractivity contribution >= 4 is 17.7 Å². The number of hydrogen-bond donors (Lipinski definition) is 2. The van der Waals surface area contributed by atoms with E-state index in [9.17, 15) is 9.59 Å². The van der Waals surface area contributed by atoms with Crippen molar-refractivity contribution in [2.75, 3.05) is 5.32 Å². The maximum absolute atomic E-state index is 12.0. The lowest BCUT2D eigenvalue weighted by molar-refractivity contribution is -0.122. The maximum atomic E-state index is 12.0. The number of ether oxygens (including phenoxy) is 1. The first-order valence-corrected chi connectivity index (χ1v) is 6.28. The van der Waals surface area contributed by atoms with Crippen molar-refractivity contribution in [2.24, 2.45) is 0 Å². The smallest absolute Gasteiger partial charge is 0.335 e. The van der Waals surface area contributed by atoms with Crippen LogP contribution in [-0.4, -0.2) is 28.1 Å². The quantitative estimate of drug-likeness (QED) is 0.879. The van der Waals surface area contributed by atoms with Gasteiger partial charge in [0.05, 0.1) is 5.56 Å². The van der Waals surface area contributed by atoms with E-state index in [1.165, 1.54) is 18.3 Å². The Balaban J connectivity index is 2.00. The number of benzene rings is 1. The van der Waals surface area contributed by atoms with Crippen molar-refractivity contribution in [3.05, 3.63) is 54.2 Å². The first-order valence-electron chi connectivity index (χ1n) is 6.28. The highest BCUT2D eigenvalue weighted by molar-refractivity contribution is 5.95. The van der Waals surface area contributed by atoms with Crippen LogP contribution < -0.4 is 10.1 Å². The van der Waals surface area contributed by atoms with Crippen LogP contribution in [0.25, 0.3) is 0 Å². The standard InChI is InChI=1S/C15H14N2O4/c1-10(21-12-5-3-2-4-6-12)14(18)17-13-9-11(15(19)20)7-8-16-13/h2-10H,1H3,(H,19,20)(H,16,17,18). The van der Waals surface area contributed by atoms with E-state index in [0.717, 1.165) is 0 Å². The van der Waals surface area contributed by atoms with E-state index in [0.29, 0.717) is 5.75 Å². The first-order chi connectivity index (χ1) is 10.1. The molecule has 1 unspecified atom stereocenters. The summed E-state index contributed by atoms with van der Waals surface area (Å²) in [6.07, 6.45) is 0.588. The molecule has 2 aromatic rings. The molecule has 1 amide bonds. The van der Waals surface area contributed by atoms with Gasteiger partial charge in [0.2, 0.25) is 0 Å². The molecule has 108 valence electrons. The molecule has 2 rings (SSSR count). The highest BCUT2D eigenvalue weighted by atomic mass is 16.5. The summed E-state index contributed by atoms with van der Waals surface area (Å²) in [5.74, 6) is -0.744. The van der Waals surface area contributed by atoms with Crippen LogP contribution in [0.5, 0.6) is 5.75 Å². The number of aromatic nitrogens is 1. The average Bonchev–Trinajstić information content (AvgIpc) is 2.48. The summed E-state index contributed by atoms with van der Waals surface area (Å²) >= 11 is 0. The predicted molar refractivity (Wildman–Crippen MR) is 76.4 cm³/mol. The van der Waals surface area contributed by atoms with Gasteiger partial charge >= 0.3 is 5.97 Å². The van der Waals surface area contributed by atoms with Crippen molar-refractivity contribution in [1.82, 2.24) is 4.98 Å². The third-order valence-corrected chi connectivity index (χ3v) is 2.68. The number of hydrogen-bond acceptors (Lipinski definition) is 4. The SMILES string of the molecule is CC(Oc1ccccc1)C(=O)Nc1cc(C(=O)O)ccn1. The van der Waals surface area contributed by atoms with Gasteiger partial charge in [-0.15, -0.1) is 0 Å². The number of carboxylic acids is 1. The molecule has 1 aromatic carbocycles. The summed E-state index contributed by atoms with van der Waals surface area (Å²) in [4.78, 5) is 26.7. The fourth-order valence-corrected chi connectivity index (χ4v) is 1.62. The number of rotatable bonds is 5. The minimum absolute atomic E-state index is 0.0527. The van der Waals surface area contributed by atoms with E-state index in [4.69, 9.17) is 9.84 Å². The summed E-state index contributed by atoms with van der Waals surface area (Å²) in [5, 5.41) is 11.4. The number of nitrogens with one attached hydrogen (secondary N) is 1. The van der Waals surface area contributed by atoms with E-state index < -0.39 is 18.0 Å². The summed E-state index contributed by atoms with van der Waals surface area (Å²) in [6, 6.07) is 11.6. The second kappa shape index (κ2) is 6.51. The minimum Gasteiger partial charge on any atom is -0.481 e. The van der Waals surface area contributed by atoms with Crippen LogP contribution in [0, 0.1) is 0 Å². The molecule has 0 aliphatic carbocycles. The lowest BCUT2D eigenvalue weighted by Crippen LogP contribution is -2.30. The van der Waals surface area contributed by atoms with Gasteiger partial charge in [-0.2, -0.15) is 0 Å². The van der Waals surface area contributed by atoms with Crippen LogP contribution in [0.3, 0.4) is 0 Å². The van der Waals surface area contributed by atoms with E-state index in [2.05, 4.69) is 10.3 Å². The second-order valence-electron chi connectivity index (χ2n) is 4.30. The maximum Gasteiger partial charge on any atom is 0.335 e. The van der Waals surface area contributed by atoms with Gasteiger partial charge in [-0.05, 0) is 31.2 Å². The van der Waals surface area contributed by atoms with Crippen molar-refractivity contribution in [1.29, 1.82) is 0 Å². The molecule has 0 fully saturated rings. The topological polar surface area (TPSA) is 88.5 Å². The normalized spacial score (nSPS) is 11.5. The van der Waals surface area contributed by atoms with Crippen LogP contribution in [0.4, 0.5) is 5.82 Å². The molecular weight excluding hydrogens is 272 g/mol. The summed E-state index contributed by atoms with van der Waals surface area (Å²) in [7, 11) is 0. The van der Waals surface area contributed by atoms with Crippen LogP contribution in [-0.2, 0) is 4.79 Å². The third kappa shape index (κ3) is 4.04. The Bertz CT molecular complexity index is 643. The Morgan fingerprint density at radius 1 is 1.24 bits per heavy atom. The Hall–Kier alpha value is -2.89. The van der Waals surface area contributed by atoms with Crippen molar-refractivity contribution in [3.63, 3.8) is 0 Å². The van der Waals surface area contributed by atoms with Gasteiger partial charge in [-0.1, -0.05) is 18.2 Å². The van der Waals surface area contributed by atoms with E-state index >= 15 is 0 Å². The first kappa shape index (κ1) is 14.5. The number of carbonyl (C=O) groups is 2. The number of aromatic carboxylic acids is 1. The number of carboxylic acid groups (broad SMARTS) is 1. The Morgan fingerprint density at radius 2 is 1.95 bits per heavy atom. The number of para-hydroxylation sites is 1. The predicted octanol–water partition coefficient (Wildman–Crippen LogP) is 2.19. The molecule has 0 bridgehead atoms. The molecule has 1 atom stereocenters. The van der Waals surface area contributed by atoms with Crippen LogP contribution in [0.2, 0.25) is 0 Å². The second-order valence-corrected chi connectivity index (χ2v) is 4.30. The van der Waals surface area contributed by atoms with E-state index in [1.54, 1.807) is 31.2 Å². The van der Waals surface area contributed by atoms with E-state index in [1.807, 2.05) is 6.07 Å². The fourth-order valence-electron chi connectivity index (χ4n) is 1.62. The zero-order valence-electron chi connectivity index (χ0n) is 11.3. The van der Waals surface area contributed by atoms with Gasteiger partial charge in [-0.3, -0.25) is 4.79 Å². The molecule has 1 heterocycles. The van der Waals surface area contributed by atoms with Gasteiger partial charge in [0.1, 0.15) is 11.6 Å². The molecule has 0 aliphatic rings. The summed E-state index contributed by atoms with van der Waals surface area (Å²) in [6.45, 7) is 1.60. The highest BCUT2D eigenvalue weighted by Crippen LogP contribution is 2.12. The summed E-state index contributed by atoms with van der Waals surface area (Å²) in [5.41, 5.74) is 0.0527. The largest absolute Gasteiger partial charge is 0.481 e. The van der Waals surface area contributed by atoms with Gasteiger partial charge in [0, 0.05) is 6.20 Å². The van der Waals surface area contributed by atoms with Gasteiger partial charge < -0.3 is 15.2 Å². The minimum atomic E-state index is -1.08. The third-order valence-electron chi connectivity index (χ3n) is 2.68. The van der Waals surface area contributed by atoms with Gasteiger partial charge in [0.15, 0.2) is 6.10 Å². The van der Waals surface area contributed by atoms with Gasteiger partial charge in [0.25, 0.3) is 5.91 Å². The molecule has 2 N–H and O–H groups in total. The molecule has 0 radical (unpaired) electrons. The Morgan fingerprint density at radius 3 is 2.62 bits per heavy atom. The number of anilines is 1.